The van der Waals surface area contributed by atoms with Gasteiger partial charge in [-0.15, -0.1) is 0 Å². The van der Waals surface area contributed by atoms with Crippen LogP contribution >= 0.6 is 0 Å². The standard InChI is InChI=1S/C48H76N2/c1-4-16-38(17-5-1)49-39-28-24-34(25-29-39)47-43-22-12-10-14-36(43)33-46-45(47)32-37-15-11-13-23-44(37)48(46)35-26-30-42(31-27-35)50(40-18-6-2-7-19-40)41-20-8-3-9-21-41/h2,6-7,18-19,34-39,41-49H,1,3-5,8-17,20-33H2. The van der Waals surface area contributed by atoms with Crippen LogP contribution in [0, 0.1) is 59.2 Å². The van der Waals surface area contributed by atoms with Crippen LogP contribution in [0.3, 0.4) is 0 Å². The second kappa shape index (κ2) is 16.1. The first-order valence-electron chi connectivity index (χ1n) is 23.4. The van der Waals surface area contributed by atoms with Crippen molar-refractivity contribution in [2.24, 2.45) is 59.2 Å². The third-order valence-electron chi connectivity index (χ3n) is 17.7. The highest BCUT2D eigenvalue weighted by Gasteiger charge is 2.56. The van der Waals surface area contributed by atoms with Crippen molar-refractivity contribution < 1.29 is 0 Å². The summed E-state index contributed by atoms with van der Waals surface area (Å²) in [7, 11) is 0. The van der Waals surface area contributed by atoms with Gasteiger partial charge in [0.1, 0.15) is 0 Å². The molecule has 8 atom stereocenters. The highest BCUT2D eigenvalue weighted by molar-refractivity contribution is 5.48. The Labute approximate surface area is 308 Å². The van der Waals surface area contributed by atoms with Crippen LogP contribution < -0.4 is 10.2 Å². The minimum Gasteiger partial charge on any atom is -0.366 e. The average Bonchev–Trinajstić information content (AvgIpc) is 3.18. The van der Waals surface area contributed by atoms with Gasteiger partial charge < -0.3 is 10.2 Å². The topological polar surface area (TPSA) is 15.3 Å². The maximum absolute atomic E-state index is 4.22. The molecule has 0 aliphatic heterocycles. The molecule has 0 saturated heterocycles. The Morgan fingerprint density at radius 3 is 1.42 bits per heavy atom. The van der Waals surface area contributed by atoms with Crippen LogP contribution in [0.2, 0.25) is 0 Å². The summed E-state index contributed by atoms with van der Waals surface area (Å²) in [5.74, 6) is 10.7. The van der Waals surface area contributed by atoms with Gasteiger partial charge in [-0.2, -0.15) is 0 Å². The molecule has 9 rings (SSSR count). The van der Waals surface area contributed by atoms with Crippen molar-refractivity contribution in [2.45, 2.75) is 204 Å². The van der Waals surface area contributed by atoms with Crippen molar-refractivity contribution in [3.05, 3.63) is 30.3 Å². The lowest BCUT2D eigenvalue weighted by Crippen LogP contribution is -2.55. The number of fused-ring (bicyclic) bond motifs is 3. The van der Waals surface area contributed by atoms with Crippen LogP contribution in [-0.4, -0.2) is 24.2 Å². The van der Waals surface area contributed by atoms with Crippen molar-refractivity contribution in [3.8, 4) is 0 Å². The van der Waals surface area contributed by atoms with Crippen LogP contribution in [0.25, 0.3) is 0 Å². The van der Waals surface area contributed by atoms with Gasteiger partial charge in [-0.3, -0.25) is 0 Å². The minimum atomic E-state index is 0.775. The number of hydrogen-bond donors (Lipinski definition) is 1. The smallest absolute Gasteiger partial charge is 0.0371 e. The molecule has 2 heteroatoms. The number of benzene rings is 1. The van der Waals surface area contributed by atoms with Crippen molar-refractivity contribution in [3.63, 3.8) is 0 Å². The van der Waals surface area contributed by atoms with E-state index in [1.807, 2.05) is 0 Å². The number of hydrogen-bond acceptors (Lipinski definition) is 2. The summed E-state index contributed by atoms with van der Waals surface area (Å²) >= 11 is 0. The Hall–Kier alpha value is -1.02. The molecule has 8 aliphatic rings. The van der Waals surface area contributed by atoms with Crippen LogP contribution in [0.4, 0.5) is 5.69 Å². The lowest BCUT2D eigenvalue weighted by Gasteiger charge is -2.62. The normalized spacial score (nSPS) is 43.3. The minimum absolute atomic E-state index is 0.775. The summed E-state index contributed by atoms with van der Waals surface area (Å²) in [6, 6.07) is 15.0. The molecule has 0 heterocycles. The molecule has 50 heavy (non-hydrogen) atoms. The van der Waals surface area contributed by atoms with Crippen LogP contribution in [0.1, 0.15) is 180 Å². The zero-order valence-corrected chi connectivity index (χ0v) is 32.2. The van der Waals surface area contributed by atoms with Gasteiger partial charge >= 0.3 is 0 Å². The fraction of sp³-hybridized carbons (Fsp3) is 0.875. The largest absolute Gasteiger partial charge is 0.366 e. The van der Waals surface area contributed by atoms with E-state index < -0.39 is 0 Å². The Bertz CT molecular complexity index is 1170. The molecule has 0 spiro atoms. The van der Waals surface area contributed by atoms with E-state index in [1.54, 1.807) is 77.0 Å². The predicted octanol–water partition coefficient (Wildman–Crippen LogP) is 12.8. The molecule has 278 valence electrons. The molecule has 1 N–H and O–H groups in total. The molecule has 0 aromatic heterocycles. The maximum Gasteiger partial charge on any atom is 0.0371 e. The number of nitrogens with one attached hydrogen (secondary N) is 1. The summed E-state index contributed by atoms with van der Waals surface area (Å²) in [5.41, 5.74) is 1.54. The number of rotatable bonds is 7. The number of para-hydroxylation sites is 1. The molecule has 2 nitrogen and oxygen atoms in total. The van der Waals surface area contributed by atoms with E-state index in [9.17, 15) is 0 Å². The molecule has 0 bridgehead atoms. The number of anilines is 1. The van der Waals surface area contributed by atoms with Crippen LogP contribution in [0.15, 0.2) is 30.3 Å². The average molecular weight is 681 g/mol. The molecule has 8 aliphatic carbocycles. The van der Waals surface area contributed by atoms with Crippen LogP contribution in [0.5, 0.6) is 0 Å². The lowest BCUT2D eigenvalue weighted by molar-refractivity contribution is -0.126. The molecule has 0 amide bonds. The summed E-state index contributed by atoms with van der Waals surface area (Å²) in [5, 5.41) is 4.22. The van der Waals surface area contributed by atoms with Gasteiger partial charge in [-0.1, -0.05) is 95.2 Å². The van der Waals surface area contributed by atoms with E-state index in [-0.39, 0.29) is 0 Å². The van der Waals surface area contributed by atoms with Crippen molar-refractivity contribution in [2.75, 3.05) is 4.90 Å². The van der Waals surface area contributed by atoms with Crippen molar-refractivity contribution in [1.29, 1.82) is 0 Å². The van der Waals surface area contributed by atoms with Crippen molar-refractivity contribution in [1.82, 2.24) is 5.32 Å². The summed E-state index contributed by atoms with van der Waals surface area (Å²) in [6.45, 7) is 0. The highest BCUT2D eigenvalue weighted by atomic mass is 15.2. The summed E-state index contributed by atoms with van der Waals surface area (Å²) in [4.78, 5) is 2.99. The molecule has 1 aromatic carbocycles. The number of nitrogens with zero attached hydrogens (tertiary/aromatic N) is 1. The zero-order valence-electron chi connectivity index (χ0n) is 32.2. The zero-order chi connectivity index (χ0) is 33.3. The van der Waals surface area contributed by atoms with E-state index in [1.165, 1.54) is 108 Å². The Morgan fingerprint density at radius 1 is 0.380 bits per heavy atom. The van der Waals surface area contributed by atoms with E-state index in [0.29, 0.717) is 0 Å². The van der Waals surface area contributed by atoms with E-state index >= 15 is 0 Å². The predicted molar refractivity (Wildman–Crippen MR) is 211 cm³/mol. The second-order valence-corrected chi connectivity index (χ2v) is 20.1. The fourth-order valence-corrected chi connectivity index (χ4v) is 15.8. The maximum atomic E-state index is 4.22. The van der Waals surface area contributed by atoms with Crippen LogP contribution in [-0.2, 0) is 0 Å². The molecule has 1 aromatic rings. The third-order valence-corrected chi connectivity index (χ3v) is 17.7. The monoisotopic (exact) mass is 681 g/mol. The Morgan fingerprint density at radius 2 is 0.840 bits per heavy atom. The van der Waals surface area contributed by atoms with Gasteiger partial charge in [0.05, 0.1) is 0 Å². The van der Waals surface area contributed by atoms with Gasteiger partial charge in [0.25, 0.3) is 0 Å². The quantitative estimate of drug-likeness (QED) is 0.308. The third kappa shape index (κ3) is 7.26. The Kier molecular flexibility index (Phi) is 11.2. The molecule has 8 fully saturated rings. The lowest BCUT2D eigenvalue weighted by atomic mass is 9.43. The first-order chi connectivity index (χ1) is 24.8. The highest BCUT2D eigenvalue weighted by Crippen LogP contribution is 2.64. The first-order valence-corrected chi connectivity index (χ1v) is 23.4. The van der Waals surface area contributed by atoms with Gasteiger partial charge in [-0.25, -0.2) is 0 Å². The molecule has 8 unspecified atom stereocenters. The first kappa shape index (κ1) is 34.7. The second-order valence-electron chi connectivity index (χ2n) is 20.1. The van der Waals surface area contributed by atoms with Gasteiger partial charge in [-0.05, 0) is 174 Å². The SMILES string of the molecule is c1ccc(N(C2CCCCC2)C2CCC(C3C4CCCCC4CC4C3CC3CCCCC3C4C3CCC(NC4CCCCC4)CC3)CC2)cc1. The van der Waals surface area contributed by atoms with E-state index in [4.69, 9.17) is 0 Å². The molecule has 8 saturated carbocycles. The van der Waals surface area contributed by atoms with Gasteiger partial charge in [0.2, 0.25) is 0 Å². The Balaban J connectivity index is 0.935. The van der Waals surface area contributed by atoms with E-state index in [2.05, 4.69) is 40.5 Å². The summed E-state index contributed by atoms with van der Waals surface area (Å²) < 4.78 is 0. The van der Waals surface area contributed by atoms with Gasteiger partial charge in [0.15, 0.2) is 0 Å². The molecule has 0 radical (unpaired) electrons. The van der Waals surface area contributed by atoms with Crippen molar-refractivity contribution >= 4 is 5.69 Å². The summed E-state index contributed by atoms with van der Waals surface area (Å²) in [6.07, 6.45) is 42.5. The van der Waals surface area contributed by atoms with Gasteiger partial charge in [0, 0.05) is 29.9 Å². The molecular weight excluding hydrogens is 605 g/mol. The van der Waals surface area contributed by atoms with E-state index in [0.717, 1.165) is 83.3 Å². The fourth-order valence-electron chi connectivity index (χ4n) is 15.8. The molecular formula is C48H76N2.